The number of aromatic nitrogens is 1. The van der Waals surface area contributed by atoms with E-state index in [0.29, 0.717) is 0 Å². The van der Waals surface area contributed by atoms with Crippen LogP contribution in [0.3, 0.4) is 0 Å². The van der Waals surface area contributed by atoms with Gasteiger partial charge in [-0.05, 0) is 18.9 Å². The maximum Gasteiger partial charge on any atom is 0.287 e. The van der Waals surface area contributed by atoms with E-state index in [-0.39, 0.29) is 5.69 Å². The predicted molar refractivity (Wildman–Crippen MR) is 52.5 cm³/mol. The van der Waals surface area contributed by atoms with E-state index in [1.165, 1.54) is 12.6 Å². The highest BCUT2D eigenvalue weighted by atomic mass is 16.6. The van der Waals surface area contributed by atoms with Gasteiger partial charge in [-0.15, -0.1) is 0 Å². The molecule has 0 radical (unpaired) electrons. The first kappa shape index (κ1) is 8.93. The second-order valence-corrected chi connectivity index (χ2v) is 3.43. The highest BCUT2D eigenvalue weighted by Gasteiger charge is 2.19. The van der Waals surface area contributed by atoms with Crippen molar-refractivity contribution < 1.29 is 4.92 Å². The fraction of sp³-hybridized carbons (Fsp3) is 0.444. The lowest BCUT2D eigenvalue weighted by Crippen LogP contribution is -2.38. The number of hydrogen-bond donors (Lipinski definition) is 0. The third-order valence-corrected chi connectivity index (χ3v) is 2.40. The first-order valence-corrected chi connectivity index (χ1v) is 4.54. The van der Waals surface area contributed by atoms with Crippen LogP contribution in [0, 0.1) is 17.0 Å². The first-order valence-electron chi connectivity index (χ1n) is 4.54. The average molecular weight is 193 g/mol. The second-order valence-electron chi connectivity index (χ2n) is 3.43. The van der Waals surface area contributed by atoms with E-state index in [0.717, 1.165) is 24.5 Å². The Morgan fingerprint density at radius 3 is 2.71 bits per heavy atom. The molecule has 1 saturated heterocycles. The third-order valence-electron chi connectivity index (χ3n) is 2.40. The quantitative estimate of drug-likeness (QED) is 0.527. The average Bonchev–Trinajstić information content (AvgIpc) is 2.04. The van der Waals surface area contributed by atoms with Crippen LogP contribution in [-0.4, -0.2) is 23.0 Å². The van der Waals surface area contributed by atoms with Gasteiger partial charge in [0.1, 0.15) is 12.0 Å². The molecule has 2 heterocycles. The number of aryl methyl sites for hydroxylation is 1. The summed E-state index contributed by atoms with van der Waals surface area (Å²) in [6.45, 7) is 3.87. The van der Waals surface area contributed by atoms with Gasteiger partial charge in [-0.2, -0.15) is 0 Å². The number of nitrogens with zero attached hydrogens (tertiary/aromatic N) is 3. The highest BCUT2D eigenvalue weighted by Crippen LogP contribution is 2.24. The van der Waals surface area contributed by atoms with Crippen LogP contribution in [0.2, 0.25) is 0 Å². The van der Waals surface area contributed by atoms with Crippen LogP contribution in [0.25, 0.3) is 0 Å². The molecule has 0 bridgehead atoms. The third kappa shape index (κ3) is 1.41. The molecule has 0 aliphatic carbocycles. The van der Waals surface area contributed by atoms with Gasteiger partial charge < -0.3 is 4.90 Å². The monoisotopic (exact) mass is 193 g/mol. The molecule has 14 heavy (non-hydrogen) atoms. The molecule has 1 aliphatic rings. The molecule has 0 N–H and O–H groups in total. The summed E-state index contributed by atoms with van der Waals surface area (Å²) >= 11 is 0. The van der Waals surface area contributed by atoms with Crippen molar-refractivity contribution in [2.24, 2.45) is 0 Å². The topological polar surface area (TPSA) is 59.3 Å². The van der Waals surface area contributed by atoms with Gasteiger partial charge in [0.25, 0.3) is 5.69 Å². The molecule has 1 aromatic rings. The Hall–Kier alpha value is -1.65. The summed E-state index contributed by atoms with van der Waals surface area (Å²) in [6.07, 6.45) is 2.50. The molecule has 1 aliphatic heterocycles. The van der Waals surface area contributed by atoms with E-state index in [9.17, 15) is 10.1 Å². The first-order chi connectivity index (χ1) is 6.68. The van der Waals surface area contributed by atoms with Crippen molar-refractivity contribution in [1.82, 2.24) is 4.98 Å². The summed E-state index contributed by atoms with van der Waals surface area (Å²) in [5, 5.41) is 10.5. The Labute approximate surface area is 81.5 Å². The molecule has 0 aromatic carbocycles. The summed E-state index contributed by atoms with van der Waals surface area (Å²) in [7, 11) is 0. The van der Waals surface area contributed by atoms with Gasteiger partial charge in [0, 0.05) is 19.2 Å². The number of rotatable bonds is 2. The summed E-state index contributed by atoms with van der Waals surface area (Å²) in [4.78, 5) is 16.3. The molecule has 1 fully saturated rings. The fourth-order valence-electron chi connectivity index (χ4n) is 1.51. The van der Waals surface area contributed by atoms with Crippen LogP contribution in [0.15, 0.2) is 12.3 Å². The number of hydrogen-bond acceptors (Lipinski definition) is 4. The Kier molecular flexibility index (Phi) is 2.07. The van der Waals surface area contributed by atoms with E-state index in [4.69, 9.17) is 0 Å². The smallest absolute Gasteiger partial charge is 0.287 e. The van der Waals surface area contributed by atoms with Gasteiger partial charge in [-0.25, -0.2) is 4.98 Å². The van der Waals surface area contributed by atoms with Crippen molar-refractivity contribution >= 4 is 11.5 Å². The van der Waals surface area contributed by atoms with Crippen molar-refractivity contribution in [2.75, 3.05) is 18.0 Å². The van der Waals surface area contributed by atoms with E-state index < -0.39 is 4.92 Å². The highest BCUT2D eigenvalue weighted by molar-refractivity contribution is 5.51. The van der Waals surface area contributed by atoms with Crippen LogP contribution < -0.4 is 4.90 Å². The Balaban J connectivity index is 2.30. The molecule has 5 heteroatoms. The number of anilines is 1. The Bertz CT molecular complexity index is 374. The van der Waals surface area contributed by atoms with Crippen molar-refractivity contribution in [3.8, 4) is 0 Å². The van der Waals surface area contributed by atoms with Gasteiger partial charge in [-0.1, -0.05) is 0 Å². The summed E-state index contributed by atoms with van der Waals surface area (Å²) in [6, 6.07) is 1.57. The summed E-state index contributed by atoms with van der Waals surface area (Å²) in [5.41, 5.74) is 0.936. The van der Waals surface area contributed by atoms with Crippen LogP contribution >= 0.6 is 0 Å². The lowest BCUT2D eigenvalue weighted by atomic mass is 10.2. The van der Waals surface area contributed by atoms with Crippen LogP contribution in [0.5, 0.6) is 0 Å². The van der Waals surface area contributed by atoms with Crippen LogP contribution in [-0.2, 0) is 0 Å². The molecule has 0 unspecified atom stereocenters. The summed E-state index contributed by atoms with van der Waals surface area (Å²) in [5.74, 6) is 0.877. The fourth-order valence-corrected chi connectivity index (χ4v) is 1.51. The zero-order valence-electron chi connectivity index (χ0n) is 7.93. The van der Waals surface area contributed by atoms with Crippen molar-refractivity contribution in [1.29, 1.82) is 0 Å². The van der Waals surface area contributed by atoms with Gasteiger partial charge in [0.05, 0.1) is 4.92 Å². The molecule has 0 spiro atoms. The maximum absolute atomic E-state index is 10.5. The zero-order valence-corrected chi connectivity index (χ0v) is 7.93. The van der Waals surface area contributed by atoms with Gasteiger partial charge in [0.15, 0.2) is 0 Å². The molecular weight excluding hydrogens is 182 g/mol. The maximum atomic E-state index is 10.5. The second kappa shape index (κ2) is 3.25. The number of nitro groups is 1. The van der Waals surface area contributed by atoms with Crippen molar-refractivity contribution in [2.45, 2.75) is 13.3 Å². The standard InChI is InChI=1S/C9H11N3O2/c1-7-5-8(12(13)14)6-10-9(7)11-3-2-4-11/h5-6H,2-4H2,1H3. The van der Waals surface area contributed by atoms with Crippen molar-refractivity contribution in [3.05, 3.63) is 27.9 Å². The molecule has 0 amide bonds. The SMILES string of the molecule is Cc1cc([N+](=O)[O-])cnc1N1CCC1. The predicted octanol–water partition coefficient (Wildman–Crippen LogP) is 1.51. The molecule has 74 valence electrons. The van der Waals surface area contributed by atoms with Gasteiger partial charge in [-0.3, -0.25) is 10.1 Å². The number of pyridine rings is 1. The Morgan fingerprint density at radius 2 is 2.29 bits per heavy atom. The molecular formula is C9H11N3O2. The largest absolute Gasteiger partial charge is 0.356 e. The van der Waals surface area contributed by atoms with Gasteiger partial charge in [0.2, 0.25) is 0 Å². The van der Waals surface area contributed by atoms with E-state index >= 15 is 0 Å². The molecule has 5 nitrogen and oxygen atoms in total. The normalized spacial score (nSPS) is 15.1. The molecule has 2 rings (SSSR count). The zero-order chi connectivity index (χ0) is 10.1. The molecule has 1 aromatic heterocycles. The summed E-state index contributed by atoms with van der Waals surface area (Å²) < 4.78 is 0. The molecule has 0 atom stereocenters. The van der Waals surface area contributed by atoms with E-state index in [2.05, 4.69) is 9.88 Å². The van der Waals surface area contributed by atoms with Crippen LogP contribution in [0.1, 0.15) is 12.0 Å². The lowest BCUT2D eigenvalue weighted by Gasteiger charge is -2.32. The minimum atomic E-state index is -0.417. The minimum Gasteiger partial charge on any atom is -0.356 e. The molecule has 0 saturated carbocycles. The van der Waals surface area contributed by atoms with Crippen molar-refractivity contribution in [3.63, 3.8) is 0 Å². The lowest BCUT2D eigenvalue weighted by molar-refractivity contribution is -0.385. The van der Waals surface area contributed by atoms with E-state index in [1.54, 1.807) is 6.07 Å². The van der Waals surface area contributed by atoms with Crippen LogP contribution in [0.4, 0.5) is 11.5 Å². The van der Waals surface area contributed by atoms with E-state index in [1.807, 2.05) is 6.92 Å². The van der Waals surface area contributed by atoms with Gasteiger partial charge >= 0.3 is 0 Å². The minimum absolute atomic E-state index is 0.0618. The Morgan fingerprint density at radius 1 is 1.57 bits per heavy atom.